The van der Waals surface area contributed by atoms with Crippen molar-refractivity contribution in [3.8, 4) is 0 Å². The normalized spacial score (nSPS) is 46.9. The molecule has 3 saturated carbocycles. The van der Waals surface area contributed by atoms with Gasteiger partial charge in [-0.25, -0.2) is 0 Å². The molecule has 3 nitrogen and oxygen atoms in total. The molecule has 0 aromatic carbocycles. The first-order valence-corrected chi connectivity index (χ1v) is 10.5. The van der Waals surface area contributed by atoms with Crippen molar-refractivity contribution in [1.82, 2.24) is 4.90 Å². The molecule has 3 aliphatic carbocycles. The van der Waals surface area contributed by atoms with E-state index in [1.807, 2.05) is 0 Å². The highest BCUT2D eigenvalue weighted by Crippen LogP contribution is 2.61. The number of hydrogen-bond donors (Lipinski definition) is 2. The minimum atomic E-state index is -0.238. The molecule has 0 aromatic heterocycles. The lowest BCUT2D eigenvalue weighted by Gasteiger charge is -2.54. The van der Waals surface area contributed by atoms with Crippen molar-refractivity contribution in [3.05, 3.63) is 24.3 Å². The number of aliphatic hydroxyl groups excluding tert-OH is 2. The molecular weight excluding hydrogens is 322 g/mol. The largest absolute Gasteiger partial charge is 0.393 e. The predicted molar refractivity (Wildman–Crippen MR) is 108 cm³/mol. The van der Waals surface area contributed by atoms with Gasteiger partial charge in [0.1, 0.15) is 0 Å². The molecule has 0 bridgehead atoms. The summed E-state index contributed by atoms with van der Waals surface area (Å²) in [6, 6.07) is 0. The van der Waals surface area contributed by atoms with Crippen molar-refractivity contribution >= 4 is 0 Å². The number of aliphatic hydroxyl groups is 2. The molecule has 0 aliphatic heterocycles. The number of likely N-dealkylation sites (N-methyl/N-ethyl adjacent to an activating group) is 1. The first kappa shape index (κ1) is 20.1. The average molecular weight is 362 g/mol. The second kappa shape index (κ2) is 7.41. The first-order valence-electron chi connectivity index (χ1n) is 10.5. The second-order valence-electron chi connectivity index (χ2n) is 10.0. The van der Waals surface area contributed by atoms with Gasteiger partial charge in [-0.05, 0) is 87.6 Å². The fourth-order valence-electron chi connectivity index (χ4n) is 6.27. The highest BCUT2D eigenvalue weighted by Gasteiger charge is 2.56. The van der Waals surface area contributed by atoms with Gasteiger partial charge in [0.05, 0.1) is 12.2 Å². The Hall–Kier alpha value is -0.640. The van der Waals surface area contributed by atoms with Gasteiger partial charge in [-0.1, -0.05) is 38.2 Å². The fourth-order valence-corrected chi connectivity index (χ4v) is 6.27. The van der Waals surface area contributed by atoms with E-state index in [0.717, 1.165) is 51.5 Å². The van der Waals surface area contributed by atoms with Crippen LogP contribution in [0.3, 0.4) is 0 Å². The molecular formula is C23H39NO2. The summed E-state index contributed by atoms with van der Waals surface area (Å²) in [7, 11) is 4.16. The van der Waals surface area contributed by atoms with E-state index in [9.17, 15) is 10.2 Å². The molecule has 3 rings (SSSR count). The molecule has 3 aliphatic rings. The quantitative estimate of drug-likeness (QED) is 0.744. The van der Waals surface area contributed by atoms with E-state index < -0.39 is 0 Å². The van der Waals surface area contributed by atoms with Crippen LogP contribution in [0.4, 0.5) is 0 Å². The van der Waals surface area contributed by atoms with Crippen molar-refractivity contribution in [2.75, 3.05) is 20.6 Å². The Labute approximate surface area is 160 Å². The molecule has 2 unspecified atom stereocenters. The summed E-state index contributed by atoms with van der Waals surface area (Å²) in [4.78, 5) is 2.16. The summed E-state index contributed by atoms with van der Waals surface area (Å²) in [6.07, 6.45) is 11.3. The lowest BCUT2D eigenvalue weighted by molar-refractivity contribution is -0.110. The molecule has 3 heteroatoms. The maximum atomic E-state index is 11.4. The molecule has 26 heavy (non-hydrogen) atoms. The second-order valence-corrected chi connectivity index (χ2v) is 10.0. The number of allylic oxidation sites excluding steroid dienone is 2. The lowest BCUT2D eigenvalue weighted by atomic mass is 9.52. The van der Waals surface area contributed by atoms with Crippen molar-refractivity contribution < 1.29 is 10.2 Å². The molecule has 0 saturated heterocycles. The van der Waals surface area contributed by atoms with E-state index in [1.54, 1.807) is 0 Å². The van der Waals surface area contributed by atoms with E-state index in [-0.39, 0.29) is 23.0 Å². The molecule has 0 heterocycles. The Balaban J connectivity index is 1.82. The SMILES string of the molecule is C=C1CCC2[C@@H](O)C([C@@]3(C)CC[C@H](O)C[C@@H]3/C=C/CN(C)C)CC[C@@]12C. The van der Waals surface area contributed by atoms with Crippen molar-refractivity contribution in [1.29, 1.82) is 0 Å². The van der Waals surface area contributed by atoms with Gasteiger partial charge >= 0.3 is 0 Å². The van der Waals surface area contributed by atoms with Crippen LogP contribution in [0.25, 0.3) is 0 Å². The summed E-state index contributed by atoms with van der Waals surface area (Å²) in [5.41, 5.74) is 1.57. The van der Waals surface area contributed by atoms with Crippen LogP contribution in [0.2, 0.25) is 0 Å². The van der Waals surface area contributed by atoms with Gasteiger partial charge in [-0.2, -0.15) is 0 Å². The third-order valence-corrected chi connectivity index (χ3v) is 8.26. The third kappa shape index (κ3) is 3.43. The van der Waals surface area contributed by atoms with Crippen LogP contribution in [0.15, 0.2) is 24.3 Å². The number of hydrogen-bond acceptors (Lipinski definition) is 3. The third-order valence-electron chi connectivity index (χ3n) is 8.26. The first-order chi connectivity index (χ1) is 12.2. The van der Waals surface area contributed by atoms with Crippen LogP contribution >= 0.6 is 0 Å². The molecule has 148 valence electrons. The number of fused-ring (bicyclic) bond motifs is 1. The van der Waals surface area contributed by atoms with Crippen molar-refractivity contribution in [2.24, 2.45) is 28.6 Å². The smallest absolute Gasteiger partial charge is 0.0610 e. The van der Waals surface area contributed by atoms with E-state index >= 15 is 0 Å². The summed E-state index contributed by atoms with van der Waals surface area (Å²) >= 11 is 0. The van der Waals surface area contributed by atoms with E-state index in [4.69, 9.17) is 0 Å². The molecule has 0 radical (unpaired) electrons. The van der Waals surface area contributed by atoms with Gasteiger partial charge in [-0.15, -0.1) is 0 Å². The highest BCUT2D eigenvalue weighted by molar-refractivity contribution is 5.21. The van der Waals surface area contributed by atoms with Gasteiger partial charge in [0.25, 0.3) is 0 Å². The Bertz CT molecular complexity index is 556. The lowest BCUT2D eigenvalue weighted by Crippen LogP contribution is -2.52. The molecule has 0 amide bonds. The van der Waals surface area contributed by atoms with Gasteiger partial charge in [-0.3, -0.25) is 0 Å². The molecule has 3 fully saturated rings. The standard InChI is InChI=1S/C23H39NO2/c1-16-8-9-19-21(26)20(11-13-22(16,19)2)23(3)12-10-18(25)15-17(23)7-6-14-24(4)5/h6-7,17-21,25-26H,1,8-15H2,2-5H3/b7-6+/t17-,18-,19?,20?,21+,22-,23-/m0/s1. The maximum Gasteiger partial charge on any atom is 0.0610 e. The number of nitrogens with zero attached hydrogens (tertiary/aromatic N) is 1. The monoisotopic (exact) mass is 361 g/mol. The van der Waals surface area contributed by atoms with Gasteiger partial charge in [0.15, 0.2) is 0 Å². The van der Waals surface area contributed by atoms with Crippen LogP contribution in [0.1, 0.15) is 58.8 Å². The molecule has 2 N–H and O–H groups in total. The van der Waals surface area contributed by atoms with Gasteiger partial charge in [0, 0.05) is 6.54 Å². The fraction of sp³-hybridized carbons (Fsp3) is 0.826. The summed E-state index contributed by atoms with van der Waals surface area (Å²) in [5, 5.41) is 21.7. The molecule has 0 aromatic rings. The Morgan fingerprint density at radius 1 is 1.12 bits per heavy atom. The Kier molecular flexibility index (Phi) is 5.73. The average Bonchev–Trinajstić information content (AvgIpc) is 2.87. The summed E-state index contributed by atoms with van der Waals surface area (Å²) in [5.74, 6) is 1.04. The van der Waals surface area contributed by atoms with Crippen molar-refractivity contribution in [2.45, 2.75) is 71.0 Å². The van der Waals surface area contributed by atoms with Crippen LogP contribution in [-0.4, -0.2) is 48.0 Å². The molecule has 0 spiro atoms. The van der Waals surface area contributed by atoms with Crippen LogP contribution in [0, 0.1) is 28.6 Å². The Morgan fingerprint density at radius 3 is 2.54 bits per heavy atom. The van der Waals surface area contributed by atoms with Crippen LogP contribution < -0.4 is 0 Å². The summed E-state index contributed by atoms with van der Waals surface area (Å²) in [6.45, 7) is 9.95. The Morgan fingerprint density at radius 2 is 1.85 bits per heavy atom. The highest BCUT2D eigenvalue weighted by atomic mass is 16.3. The van der Waals surface area contributed by atoms with E-state index in [0.29, 0.717) is 17.8 Å². The summed E-state index contributed by atoms with van der Waals surface area (Å²) < 4.78 is 0. The zero-order valence-electron chi connectivity index (χ0n) is 17.2. The number of rotatable bonds is 4. The van der Waals surface area contributed by atoms with Gasteiger partial charge in [0.2, 0.25) is 0 Å². The predicted octanol–water partition coefficient (Wildman–Crippen LogP) is 4.01. The topological polar surface area (TPSA) is 43.7 Å². The van der Waals surface area contributed by atoms with E-state index in [1.165, 1.54) is 5.57 Å². The zero-order valence-corrected chi connectivity index (χ0v) is 17.2. The van der Waals surface area contributed by atoms with Crippen LogP contribution in [0.5, 0.6) is 0 Å². The minimum absolute atomic E-state index is 0.0761. The maximum absolute atomic E-state index is 11.4. The minimum Gasteiger partial charge on any atom is -0.393 e. The van der Waals surface area contributed by atoms with Gasteiger partial charge < -0.3 is 15.1 Å². The zero-order chi connectivity index (χ0) is 19.1. The van der Waals surface area contributed by atoms with E-state index in [2.05, 4.69) is 51.6 Å². The van der Waals surface area contributed by atoms with Crippen LogP contribution in [-0.2, 0) is 0 Å². The molecule has 7 atom stereocenters. The van der Waals surface area contributed by atoms with Crippen molar-refractivity contribution in [3.63, 3.8) is 0 Å².